The summed E-state index contributed by atoms with van der Waals surface area (Å²) >= 11 is 0. The summed E-state index contributed by atoms with van der Waals surface area (Å²) in [7, 11) is 0. The van der Waals surface area contributed by atoms with E-state index in [1.54, 1.807) is 0 Å². The number of benzene rings is 3. The van der Waals surface area contributed by atoms with Gasteiger partial charge in [0.15, 0.2) is 5.96 Å². The molecule has 0 aliphatic carbocycles. The summed E-state index contributed by atoms with van der Waals surface area (Å²) in [5, 5.41) is 8.62. The van der Waals surface area contributed by atoms with Gasteiger partial charge in [-0.25, -0.2) is 0 Å². The molecule has 0 unspecified atom stereocenters. The topological polar surface area (TPSA) is 204 Å². The van der Waals surface area contributed by atoms with Gasteiger partial charge in [-0.3, -0.25) is 19.4 Å². The lowest BCUT2D eigenvalue weighted by atomic mass is 9.99. The van der Waals surface area contributed by atoms with Gasteiger partial charge in [-0.1, -0.05) is 84.9 Å². The number of hydrogen-bond donors (Lipinski definition) is 7. The fourth-order valence-electron chi connectivity index (χ4n) is 4.78. The van der Waals surface area contributed by atoms with Crippen LogP contribution in [-0.2, 0) is 27.3 Å². The smallest absolute Gasteiger partial charge is 0.243 e. The van der Waals surface area contributed by atoms with Crippen molar-refractivity contribution >= 4 is 23.7 Å². The van der Waals surface area contributed by atoms with Crippen molar-refractivity contribution in [3.8, 4) is 11.1 Å². The highest BCUT2D eigenvalue weighted by Gasteiger charge is 2.28. The van der Waals surface area contributed by atoms with Crippen LogP contribution < -0.4 is 38.9 Å². The first-order valence-corrected chi connectivity index (χ1v) is 15.3. The van der Waals surface area contributed by atoms with Gasteiger partial charge in [-0.05, 0) is 60.9 Å². The molecule has 11 heteroatoms. The number of carbonyl (C=O) groups excluding carboxylic acids is 3. The molecular weight excluding hydrogens is 568 g/mol. The molecule has 0 radical (unpaired) electrons. The molecule has 11 N–H and O–H groups in total. The summed E-state index contributed by atoms with van der Waals surface area (Å²) < 4.78 is 0. The molecule has 45 heavy (non-hydrogen) atoms. The SMILES string of the molecule is NCCCC[C@H](NC(=O)[C@H](Cc1ccc(-c2ccccc2)cc1)NC(=O)[C@@H](N)CCCN=C(N)N)C(=O)NCc1ccccc1. The molecule has 0 aliphatic heterocycles. The van der Waals surface area contributed by atoms with E-state index in [0.29, 0.717) is 51.7 Å². The van der Waals surface area contributed by atoms with Crippen LogP contribution in [0.3, 0.4) is 0 Å². The highest BCUT2D eigenvalue weighted by atomic mass is 16.2. The fourth-order valence-corrected chi connectivity index (χ4v) is 4.78. The van der Waals surface area contributed by atoms with Crippen LogP contribution in [0.1, 0.15) is 43.2 Å². The Morgan fingerprint density at radius 1 is 0.667 bits per heavy atom. The van der Waals surface area contributed by atoms with Gasteiger partial charge in [0.2, 0.25) is 17.7 Å². The van der Waals surface area contributed by atoms with E-state index in [0.717, 1.165) is 22.3 Å². The molecule has 0 bridgehead atoms. The lowest BCUT2D eigenvalue weighted by Gasteiger charge is -2.24. The minimum absolute atomic E-state index is 0.0307. The molecule has 11 nitrogen and oxygen atoms in total. The van der Waals surface area contributed by atoms with Gasteiger partial charge in [0, 0.05) is 19.5 Å². The maximum absolute atomic E-state index is 13.7. The third kappa shape index (κ3) is 12.4. The number of nitrogens with two attached hydrogens (primary N) is 4. The number of amides is 3. The third-order valence-electron chi connectivity index (χ3n) is 7.33. The van der Waals surface area contributed by atoms with Crippen molar-refractivity contribution in [3.05, 3.63) is 96.1 Å². The first-order valence-electron chi connectivity index (χ1n) is 15.3. The molecule has 3 aromatic carbocycles. The minimum atomic E-state index is -0.970. The van der Waals surface area contributed by atoms with E-state index in [-0.39, 0.29) is 18.3 Å². The number of rotatable bonds is 18. The average Bonchev–Trinajstić information content (AvgIpc) is 3.05. The third-order valence-corrected chi connectivity index (χ3v) is 7.33. The molecule has 3 atom stereocenters. The Labute approximate surface area is 265 Å². The van der Waals surface area contributed by atoms with E-state index in [1.165, 1.54) is 0 Å². The second-order valence-corrected chi connectivity index (χ2v) is 10.9. The van der Waals surface area contributed by atoms with E-state index in [1.807, 2.05) is 84.9 Å². The zero-order valence-corrected chi connectivity index (χ0v) is 25.7. The molecule has 0 saturated heterocycles. The monoisotopic (exact) mass is 614 g/mol. The van der Waals surface area contributed by atoms with Crippen LogP contribution in [0.25, 0.3) is 11.1 Å². The average molecular weight is 615 g/mol. The maximum atomic E-state index is 13.7. The molecule has 3 aromatic rings. The molecule has 0 heterocycles. The predicted molar refractivity (Wildman–Crippen MR) is 179 cm³/mol. The molecule has 0 spiro atoms. The first-order chi connectivity index (χ1) is 21.8. The van der Waals surface area contributed by atoms with E-state index in [9.17, 15) is 14.4 Å². The van der Waals surface area contributed by atoms with Crippen molar-refractivity contribution in [1.82, 2.24) is 16.0 Å². The lowest BCUT2D eigenvalue weighted by molar-refractivity contribution is -0.132. The van der Waals surface area contributed by atoms with Crippen LogP contribution in [0.5, 0.6) is 0 Å². The number of guanidine groups is 1. The maximum Gasteiger partial charge on any atom is 0.243 e. The van der Waals surface area contributed by atoms with Crippen molar-refractivity contribution in [3.63, 3.8) is 0 Å². The highest BCUT2D eigenvalue weighted by molar-refractivity contribution is 5.93. The molecule has 0 fully saturated rings. The number of nitrogens with zero attached hydrogens (tertiary/aromatic N) is 1. The Balaban J connectivity index is 1.75. The Kier molecular flexibility index (Phi) is 14.5. The van der Waals surface area contributed by atoms with Crippen molar-refractivity contribution in [2.75, 3.05) is 13.1 Å². The summed E-state index contributed by atoms with van der Waals surface area (Å²) in [6.45, 7) is 1.14. The van der Waals surface area contributed by atoms with Crippen LogP contribution in [0, 0.1) is 0 Å². The molecule has 0 saturated carbocycles. The standard InChI is InChI=1S/C34H46N8O3/c35-20-8-7-15-29(32(44)40-23-25-10-3-1-4-11-25)41-33(45)30(42-31(43)28(36)14-9-21-39-34(37)38)22-24-16-18-27(19-17-24)26-12-5-2-6-13-26/h1-6,10-13,16-19,28-30H,7-9,14-15,20-23,35-36H2,(H,40,44)(H,41,45)(H,42,43)(H4,37,38,39)/t28-,29-,30-/m0/s1. The number of unbranched alkanes of at least 4 members (excludes halogenated alkanes) is 1. The van der Waals surface area contributed by atoms with Crippen molar-refractivity contribution in [1.29, 1.82) is 0 Å². The second kappa shape index (κ2) is 18.8. The van der Waals surface area contributed by atoms with Gasteiger partial charge >= 0.3 is 0 Å². The van der Waals surface area contributed by atoms with E-state index < -0.39 is 29.9 Å². The van der Waals surface area contributed by atoms with Crippen LogP contribution in [0.15, 0.2) is 89.9 Å². The number of carbonyl (C=O) groups is 3. The molecule has 3 amide bonds. The molecular formula is C34H46N8O3. The van der Waals surface area contributed by atoms with Crippen molar-refractivity contribution < 1.29 is 14.4 Å². The van der Waals surface area contributed by atoms with Crippen molar-refractivity contribution in [2.45, 2.75) is 63.2 Å². The van der Waals surface area contributed by atoms with Gasteiger partial charge in [0.25, 0.3) is 0 Å². The summed E-state index contributed by atoms with van der Waals surface area (Å²) in [6, 6.07) is 24.6. The van der Waals surface area contributed by atoms with Crippen LogP contribution in [0.4, 0.5) is 0 Å². The normalized spacial score (nSPS) is 12.8. The number of hydrogen-bond acceptors (Lipinski definition) is 6. The molecule has 3 rings (SSSR count). The Morgan fingerprint density at radius 2 is 1.29 bits per heavy atom. The number of aliphatic imine (C=N–C) groups is 1. The van der Waals surface area contributed by atoms with Gasteiger partial charge in [0.1, 0.15) is 12.1 Å². The quantitative estimate of drug-likeness (QED) is 0.0641. The van der Waals surface area contributed by atoms with E-state index in [4.69, 9.17) is 22.9 Å². The van der Waals surface area contributed by atoms with Crippen molar-refractivity contribution in [2.24, 2.45) is 27.9 Å². The summed E-state index contributed by atoms with van der Waals surface area (Å²) in [5.74, 6) is -1.29. The zero-order chi connectivity index (χ0) is 32.4. The first kappa shape index (κ1) is 34.7. The molecule has 0 aromatic heterocycles. The zero-order valence-electron chi connectivity index (χ0n) is 25.7. The van der Waals surface area contributed by atoms with Gasteiger partial charge in [-0.2, -0.15) is 0 Å². The van der Waals surface area contributed by atoms with Crippen LogP contribution in [0.2, 0.25) is 0 Å². The van der Waals surface area contributed by atoms with Crippen LogP contribution >= 0.6 is 0 Å². The van der Waals surface area contributed by atoms with Gasteiger partial charge in [-0.15, -0.1) is 0 Å². The second-order valence-electron chi connectivity index (χ2n) is 10.9. The van der Waals surface area contributed by atoms with E-state index >= 15 is 0 Å². The lowest BCUT2D eigenvalue weighted by Crippen LogP contribution is -2.56. The fraction of sp³-hybridized carbons (Fsp3) is 0.353. The number of nitrogens with one attached hydrogen (secondary N) is 3. The Hall–Kier alpha value is -4.74. The van der Waals surface area contributed by atoms with Crippen LogP contribution in [-0.4, -0.2) is 54.9 Å². The highest BCUT2D eigenvalue weighted by Crippen LogP contribution is 2.20. The predicted octanol–water partition coefficient (Wildman–Crippen LogP) is 1.69. The summed E-state index contributed by atoms with van der Waals surface area (Å²) in [4.78, 5) is 44.0. The Bertz CT molecular complexity index is 1360. The molecule has 0 aliphatic rings. The van der Waals surface area contributed by atoms with Gasteiger partial charge in [0.05, 0.1) is 6.04 Å². The Morgan fingerprint density at radius 3 is 1.93 bits per heavy atom. The van der Waals surface area contributed by atoms with Gasteiger partial charge < -0.3 is 38.9 Å². The summed E-state index contributed by atoms with van der Waals surface area (Å²) in [5.41, 5.74) is 26.5. The minimum Gasteiger partial charge on any atom is -0.370 e. The largest absolute Gasteiger partial charge is 0.370 e. The molecule has 240 valence electrons. The summed E-state index contributed by atoms with van der Waals surface area (Å²) in [6.07, 6.45) is 2.79. The van der Waals surface area contributed by atoms with E-state index in [2.05, 4.69) is 20.9 Å².